The highest BCUT2D eigenvalue weighted by molar-refractivity contribution is 7.13. The molecule has 1 aromatic carbocycles. The summed E-state index contributed by atoms with van der Waals surface area (Å²) in [6.45, 7) is 1.98. The van der Waals surface area contributed by atoms with Gasteiger partial charge in [-0.1, -0.05) is 12.1 Å². The van der Waals surface area contributed by atoms with Gasteiger partial charge in [0.2, 0.25) is 0 Å². The summed E-state index contributed by atoms with van der Waals surface area (Å²) in [4.78, 5) is 4.37. The van der Waals surface area contributed by atoms with Crippen molar-refractivity contribution in [2.75, 3.05) is 5.32 Å². The minimum Gasteiger partial charge on any atom is -0.330 e. The van der Waals surface area contributed by atoms with Crippen molar-refractivity contribution in [1.29, 1.82) is 0 Å². The number of aromatic nitrogens is 3. The number of thiazole rings is 1. The molecule has 3 rings (SSSR count). The molecule has 0 radical (unpaired) electrons. The Labute approximate surface area is 96.3 Å². The van der Waals surface area contributed by atoms with Crippen LogP contribution >= 0.6 is 11.3 Å². The van der Waals surface area contributed by atoms with E-state index in [9.17, 15) is 0 Å². The number of H-pyrrole nitrogens is 1. The third-order valence-electron chi connectivity index (χ3n) is 2.34. The van der Waals surface area contributed by atoms with Gasteiger partial charge in [-0.05, 0) is 13.0 Å². The summed E-state index contributed by atoms with van der Waals surface area (Å²) in [5, 5.41) is 14.3. The predicted molar refractivity (Wildman–Crippen MR) is 66.2 cm³/mol. The molecule has 0 atom stereocenters. The number of aromatic amines is 1. The highest BCUT2D eigenvalue weighted by atomic mass is 32.1. The van der Waals surface area contributed by atoms with Crippen LogP contribution in [0.3, 0.4) is 0 Å². The van der Waals surface area contributed by atoms with Gasteiger partial charge in [0.15, 0.2) is 5.13 Å². The van der Waals surface area contributed by atoms with Gasteiger partial charge in [-0.25, -0.2) is 4.98 Å². The van der Waals surface area contributed by atoms with Crippen molar-refractivity contribution < 1.29 is 0 Å². The lowest BCUT2D eigenvalue weighted by Crippen LogP contribution is -1.90. The zero-order chi connectivity index (χ0) is 11.0. The van der Waals surface area contributed by atoms with Gasteiger partial charge >= 0.3 is 0 Å². The number of fused-ring (bicyclic) bond motifs is 1. The minimum atomic E-state index is 0.902. The maximum atomic E-state index is 4.37. The molecule has 2 heterocycles. The molecule has 0 saturated carbocycles. The normalized spacial score (nSPS) is 10.8. The maximum absolute atomic E-state index is 4.37. The minimum absolute atomic E-state index is 0.902. The third kappa shape index (κ3) is 1.55. The molecule has 4 nitrogen and oxygen atoms in total. The summed E-state index contributed by atoms with van der Waals surface area (Å²) in [6, 6.07) is 6.04. The fourth-order valence-electron chi connectivity index (χ4n) is 1.60. The van der Waals surface area contributed by atoms with E-state index in [1.165, 1.54) is 0 Å². The topological polar surface area (TPSA) is 53.6 Å². The number of nitrogens with zero attached hydrogens (tertiary/aromatic N) is 2. The summed E-state index contributed by atoms with van der Waals surface area (Å²) in [6.07, 6.45) is 1.81. The van der Waals surface area contributed by atoms with E-state index in [1.54, 1.807) is 11.3 Å². The lowest BCUT2D eigenvalue weighted by Gasteiger charge is -2.02. The highest BCUT2D eigenvalue weighted by Gasteiger charge is 2.04. The van der Waals surface area contributed by atoms with Gasteiger partial charge in [0.05, 0.1) is 23.1 Å². The number of hydrogen-bond donors (Lipinski definition) is 2. The van der Waals surface area contributed by atoms with Crippen molar-refractivity contribution in [3.05, 3.63) is 35.5 Å². The van der Waals surface area contributed by atoms with Crippen LogP contribution in [0.4, 0.5) is 10.8 Å². The molecule has 0 aliphatic rings. The van der Waals surface area contributed by atoms with Crippen LogP contribution in [-0.2, 0) is 0 Å². The molecule has 2 N–H and O–H groups in total. The van der Waals surface area contributed by atoms with E-state index in [0.29, 0.717) is 0 Å². The average molecular weight is 230 g/mol. The van der Waals surface area contributed by atoms with Crippen LogP contribution in [0.1, 0.15) is 5.69 Å². The third-order valence-corrected chi connectivity index (χ3v) is 3.21. The van der Waals surface area contributed by atoms with Crippen LogP contribution < -0.4 is 5.32 Å². The SMILES string of the molecule is Cc1csc(Nc2cccc3cn[nH]c23)n1. The number of para-hydroxylation sites is 1. The van der Waals surface area contributed by atoms with Gasteiger partial charge < -0.3 is 5.32 Å². The quantitative estimate of drug-likeness (QED) is 0.711. The number of anilines is 2. The van der Waals surface area contributed by atoms with Gasteiger partial charge in [0.1, 0.15) is 0 Å². The Kier molecular flexibility index (Phi) is 2.11. The number of hydrogen-bond acceptors (Lipinski definition) is 4. The van der Waals surface area contributed by atoms with E-state index in [4.69, 9.17) is 0 Å². The molecule has 2 aromatic heterocycles. The largest absolute Gasteiger partial charge is 0.330 e. The fraction of sp³-hybridized carbons (Fsp3) is 0.0909. The van der Waals surface area contributed by atoms with Crippen molar-refractivity contribution >= 4 is 33.1 Å². The zero-order valence-electron chi connectivity index (χ0n) is 8.69. The molecule has 3 aromatic rings. The van der Waals surface area contributed by atoms with Gasteiger partial charge in [-0.3, -0.25) is 5.10 Å². The Morgan fingerprint density at radius 2 is 2.31 bits per heavy atom. The van der Waals surface area contributed by atoms with Crippen molar-refractivity contribution in [1.82, 2.24) is 15.2 Å². The summed E-state index contributed by atoms with van der Waals surface area (Å²) in [5.74, 6) is 0. The summed E-state index contributed by atoms with van der Waals surface area (Å²) in [7, 11) is 0. The first-order valence-electron chi connectivity index (χ1n) is 4.94. The number of benzene rings is 1. The zero-order valence-corrected chi connectivity index (χ0v) is 9.51. The van der Waals surface area contributed by atoms with Gasteiger partial charge in [-0.2, -0.15) is 5.10 Å². The predicted octanol–water partition coefficient (Wildman–Crippen LogP) is 3.07. The summed E-state index contributed by atoms with van der Waals surface area (Å²) < 4.78 is 0. The van der Waals surface area contributed by atoms with Crippen molar-refractivity contribution in [2.24, 2.45) is 0 Å². The molecule has 80 valence electrons. The molecular weight excluding hydrogens is 220 g/mol. The van der Waals surface area contributed by atoms with E-state index < -0.39 is 0 Å². The Morgan fingerprint density at radius 1 is 1.38 bits per heavy atom. The maximum Gasteiger partial charge on any atom is 0.187 e. The van der Waals surface area contributed by atoms with Crippen LogP contribution in [0.15, 0.2) is 29.8 Å². The smallest absolute Gasteiger partial charge is 0.187 e. The number of nitrogens with one attached hydrogen (secondary N) is 2. The van der Waals surface area contributed by atoms with Crippen LogP contribution in [0.25, 0.3) is 10.9 Å². The molecule has 0 fully saturated rings. The second kappa shape index (κ2) is 3.61. The first-order chi connectivity index (χ1) is 7.83. The van der Waals surface area contributed by atoms with E-state index >= 15 is 0 Å². The average Bonchev–Trinajstić information content (AvgIpc) is 2.87. The molecule has 0 unspecified atom stereocenters. The van der Waals surface area contributed by atoms with Crippen LogP contribution in [0.2, 0.25) is 0 Å². The van der Waals surface area contributed by atoms with E-state index in [1.807, 2.05) is 36.7 Å². The second-order valence-corrected chi connectivity index (χ2v) is 4.42. The van der Waals surface area contributed by atoms with Gasteiger partial charge in [-0.15, -0.1) is 11.3 Å². The van der Waals surface area contributed by atoms with Crippen molar-refractivity contribution in [2.45, 2.75) is 6.92 Å². The van der Waals surface area contributed by atoms with Crippen LogP contribution in [-0.4, -0.2) is 15.2 Å². The molecule has 0 aliphatic carbocycles. The first kappa shape index (κ1) is 9.35. The standard InChI is InChI=1S/C11H10N4S/c1-7-6-16-11(13-7)14-9-4-2-3-8-5-12-15-10(8)9/h2-6H,1H3,(H,12,15)(H,13,14). The lowest BCUT2D eigenvalue weighted by molar-refractivity contribution is 1.12. The molecule has 0 aliphatic heterocycles. The Bertz CT molecular complexity index is 625. The van der Waals surface area contributed by atoms with Gasteiger partial charge in [0, 0.05) is 10.8 Å². The second-order valence-electron chi connectivity index (χ2n) is 3.56. The molecule has 0 saturated heterocycles. The van der Waals surface area contributed by atoms with E-state index in [2.05, 4.69) is 20.5 Å². The summed E-state index contributed by atoms with van der Waals surface area (Å²) in [5.41, 5.74) is 3.05. The molecular formula is C11H10N4S. The number of rotatable bonds is 2. The van der Waals surface area contributed by atoms with Crippen molar-refractivity contribution in [3.63, 3.8) is 0 Å². The Hall–Kier alpha value is -1.88. The fourth-order valence-corrected chi connectivity index (χ4v) is 2.30. The molecule has 0 bridgehead atoms. The molecule has 5 heteroatoms. The monoisotopic (exact) mass is 230 g/mol. The summed E-state index contributed by atoms with van der Waals surface area (Å²) >= 11 is 1.60. The van der Waals surface area contributed by atoms with E-state index in [-0.39, 0.29) is 0 Å². The Morgan fingerprint density at radius 3 is 3.12 bits per heavy atom. The van der Waals surface area contributed by atoms with Crippen molar-refractivity contribution in [3.8, 4) is 0 Å². The highest BCUT2D eigenvalue weighted by Crippen LogP contribution is 2.25. The van der Waals surface area contributed by atoms with E-state index in [0.717, 1.165) is 27.4 Å². The van der Waals surface area contributed by atoms with Crippen LogP contribution in [0.5, 0.6) is 0 Å². The molecule has 0 spiro atoms. The van der Waals surface area contributed by atoms with Gasteiger partial charge in [0.25, 0.3) is 0 Å². The molecule has 16 heavy (non-hydrogen) atoms. The number of aryl methyl sites for hydroxylation is 1. The Balaban J connectivity index is 2.03. The first-order valence-corrected chi connectivity index (χ1v) is 5.82. The lowest BCUT2D eigenvalue weighted by atomic mass is 10.2. The van der Waals surface area contributed by atoms with Crippen LogP contribution in [0, 0.1) is 6.92 Å². The molecule has 0 amide bonds.